The molecule has 0 aliphatic heterocycles. The lowest BCUT2D eigenvalue weighted by Crippen LogP contribution is -2.05. The molecule has 3 nitrogen and oxygen atoms in total. The molecule has 0 aliphatic rings. The van der Waals surface area contributed by atoms with E-state index in [9.17, 15) is 4.79 Å². The summed E-state index contributed by atoms with van der Waals surface area (Å²) in [6, 6.07) is 0. The van der Waals surface area contributed by atoms with Gasteiger partial charge in [-0.3, -0.25) is 4.79 Å². The molecule has 0 heterocycles. The first-order valence-electron chi connectivity index (χ1n) is 5.13. The molecule has 0 spiro atoms. The fraction of sp³-hybridized carbons (Fsp3) is 0.900. The second-order valence-electron chi connectivity index (χ2n) is 3.15. The largest absolute Gasteiger partial charge is 0.466 e. The van der Waals surface area contributed by atoms with E-state index in [1.807, 2.05) is 0 Å². The molecule has 0 saturated carbocycles. The number of alkyl halides is 1. The van der Waals surface area contributed by atoms with Gasteiger partial charge in [0.15, 0.2) is 0 Å². The highest BCUT2D eigenvalue weighted by Gasteiger charge is 1.99. The number of hydrogen-bond acceptors (Lipinski definition) is 3. The number of aliphatic hydroxyl groups is 1. The smallest absolute Gasteiger partial charge is 0.306 e. The lowest BCUT2D eigenvalue weighted by Gasteiger charge is -2.03. The molecule has 0 atom stereocenters. The minimum absolute atomic E-state index is 0.128. The van der Waals surface area contributed by atoms with Gasteiger partial charge in [0.25, 0.3) is 0 Å². The van der Waals surface area contributed by atoms with E-state index < -0.39 is 0 Å². The normalized spacial score (nSPS) is 10.1. The van der Waals surface area contributed by atoms with Crippen molar-refractivity contribution in [3.8, 4) is 0 Å². The molecule has 0 aromatic rings. The third-order valence-corrected chi connectivity index (χ3v) is 2.26. The summed E-state index contributed by atoms with van der Waals surface area (Å²) in [6.07, 6.45) is 5.50. The van der Waals surface area contributed by atoms with Gasteiger partial charge >= 0.3 is 5.97 Å². The number of halogens is 1. The van der Waals surface area contributed by atoms with E-state index in [-0.39, 0.29) is 12.6 Å². The highest BCUT2D eigenvalue weighted by atomic mass is 79.9. The molecule has 0 radical (unpaired) electrons. The van der Waals surface area contributed by atoms with E-state index in [2.05, 4.69) is 15.9 Å². The third kappa shape index (κ3) is 9.99. The van der Waals surface area contributed by atoms with Crippen LogP contribution in [0.5, 0.6) is 0 Å². The van der Waals surface area contributed by atoms with Crippen LogP contribution in [-0.4, -0.2) is 29.6 Å². The minimum Gasteiger partial charge on any atom is -0.466 e. The van der Waals surface area contributed by atoms with E-state index in [1.165, 1.54) is 0 Å². The average molecular weight is 267 g/mol. The highest BCUT2D eigenvalue weighted by molar-refractivity contribution is 9.09. The van der Waals surface area contributed by atoms with E-state index in [4.69, 9.17) is 9.84 Å². The Balaban J connectivity index is 3.01. The van der Waals surface area contributed by atoms with Crippen LogP contribution < -0.4 is 0 Å². The summed E-state index contributed by atoms with van der Waals surface area (Å²) in [5.41, 5.74) is 0. The number of esters is 1. The first kappa shape index (κ1) is 13.9. The molecule has 0 rings (SSSR count). The maximum absolute atomic E-state index is 10.9. The summed E-state index contributed by atoms with van der Waals surface area (Å²) in [6.45, 7) is 0.811. The second-order valence-corrected chi connectivity index (χ2v) is 3.94. The first-order chi connectivity index (χ1) is 6.81. The van der Waals surface area contributed by atoms with Crippen LogP contribution >= 0.6 is 15.9 Å². The van der Waals surface area contributed by atoms with Crippen molar-refractivity contribution < 1.29 is 14.6 Å². The maximum atomic E-state index is 10.9. The van der Waals surface area contributed by atoms with Crippen molar-refractivity contribution in [1.82, 2.24) is 0 Å². The van der Waals surface area contributed by atoms with Crippen molar-refractivity contribution in [2.75, 3.05) is 18.5 Å². The molecule has 14 heavy (non-hydrogen) atoms. The Morgan fingerprint density at radius 2 is 1.79 bits per heavy atom. The van der Waals surface area contributed by atoms with Crippen molar-refractivity contribution in [3.63, 3.8) is 0 Å². The molecule has 0 amide bonds. The van der Waals surface area contributed by atoms with E-state index in [0.29, 0.717) is 18.4 Å². The van der Waals surface area contributed by atoms with Crippen molar-refractivity contribution in [3.05, 3.63) is 0 Å². The van der Waals surface area contributed by atoms with Gasteiger partial charge < -0.3 is 9.84 Å². The zero-order valence-electron chi connectivity index (χ0n) is 8.51. The standard InChI is InChI=1S/C10H19BrO3/c11-7-6-10(13)14-9-5-3-1-2-4-8-12/h12H,1-9H2. The van der Waals surface area contributed by atoms with Gasteiger partial charge in [0, 0.05) is 11.9 Å². The number of aliphatic hydroxyl groups excluding tert-OH is 1. The molecule has 0 aliphatic carbocycles. The van der Waals surface area contributed by atoms with Crippen LogP contribution in [0.25, 0.3) is 0 Å². The maximum Gasteiger partial charge on any atom is 0.306 e. The van der Waals surface area contributed by atoms with Crippen LogP contribution in [0.15, 0.2) is 0 Å². The number of carbonyl (C=O) groups is 1. The summed E-state index contributed by atoms with van der Waals surface area (Å²) < 4.78 is 4.97. The van der Waals surface area contributed by atoms with Crippen LogP contribution in [0.2, 0.25) is 0 Å². The molecule has 1 N–H and O–H groups in total. The molecule has 84 valence electrons. The van der Waals surface area contributed by atoms with Crippen LogP contribution in [0.1, 0.15) is 38.5 Å². The van der Waals surface area contributed by atoms with Crippen LogP contribution in [-0.2, 0) is 9.53 Å². The first-order valence-corrected chi connectivity index (χ1v) is 6.26. The number of unbranched alkanes of at least 4 members (excludes halogenated alkanes) is 4. The van der Waals surface area contributed by atoms with Gasteiger partial charge in [-0.15, -0.1) is 0 Å². The van der Waals surface area contributed by atoms with Gasteiger partial charge in [0.05, 0.1) is 13.0 Å². The Labute approximate surface area is 94.0 Å². The van der Waals surface area contributed by atoms with Gasteiger partial charge in [0.2, 0.25) is 0 Å². The lowest BCUT2D eigenvalue weighted by molar-refractivity contribution is -0.143. The van der Waals surface area contributed by atoms with Crippen LogP contribution in [0.4, 0.5) is 0 Å². The Morgan fingerprint density at radius 1 is 1.14 bits per heavy atom. The van der Waals surface area contributed by atoms with Gasteiger partial charge in [0.1, 0.15) is 0 Å². The summed E-state index contributed by atoms with van der Waals surface area (Å²) in [7, 11) is 0. The Kier molecular flexibility index (Phi) is 10.9. The fourth-order valence-electron chi connectivity index (χ4n) is 1.08. The van der Waals surface area contributed by atoms with Gasteiger partial charge in [-0.25, -0.2) is 0 Å². The van der Waals surface area contributed by atoms with E-state index in [1.54, 1.807) is 0 Å². The molecule has 0 unspecified atom stereocenters. The molecule has 0 aromatic heterocycles. The number of carbonyl (C=O) groups excluding carboxylic acids is 1. The summed E-state index contributed by atoms with van der Waals surface area (Å²) in [5, 5.41) is 9.20. The predicted octanol–water partition coefficient (Wildman–Crippen LogP) is 2.26. The van der Waals surface area contributed by atoms with Crippen molar-refractivity contribution in [1.29, 1.82) is 0 Å². The minimum atomic E-state index is -0.128. The molecule has 0 saturated heterocycles. The van der Waals surface area contributed by atoms with Crippen LogP contribution in [0, 0.1) is 0 Å². The summed E-state index contributed by atoms with van der Waals surface area (Å²) in [5.74, 6) is -0.128. The average Bonchev–Trinajstić information content (AvgIpc) is 2.17. The lowest BCUT2D eigenvalue weighted by atomic mass is 10.1. The zero-order valence-corrected chi connectivity index (χ0v) is 10.1. The molecule has 0 bridgehead atoms. The number of ether oxygens (including phenoxy) is 1. The van der Waals surface area contributed by atoms with E-state index in [0.717, 1.165) is 32.1 Å². The predicted molar refractivity (Wildman–Crippen MR) is 59.5 cm³/mol. The number of rotatable bonds is 9. The number of hydrogen-bond donors (Lipinski definition) is 1. The third-order valence-electron chi connectivity index (χ3n) is 1.86. The Bertz CT molecular complexity index is 139. The Hall–Kier alpha value is -0.0900. The fourth-order valence-corrected chi connectivity index (χ4v) is 1.40. The van der Waals surface area contributed by atoms with Gasteiger partial charge in [-0.2, -0.15) is 0 Å². The SMILES string of the molecule is O=C(CCBr)OCCCCCCCO. The quantitative estimate of drug-likeness (QED) is 0.396. The molecule has 4 heteroatoms. The van der Waals surface area contributed by atoms with Crippen molar-refractivity contribution in [2.24, 2.45) is 0 Å². The van der Waals surface area contributed by atoms with Gasteiger partial charge in [-0.1, -0.05) is 35.2 Å². The van der Waals surface area contributed by atoms with Crippen molar-refractivity contribution in [2.45, 2.75) is 38.5 Å². The monoisotopic (exact) mass is 266 g/mol. The summed E-state index contributed by atoms with van der Waals surface area (Å²) in [4.78, 5) is 10.9. The van der Waals surface area contributed by atoms with Crippen LogP contribution in [0.3, 0.4) is 0 Å². The zero-order chi connectivity index (χ0) is 10.6. The second kappa shape index (κ2) is 11.0. The molecular formula is C10H19BrO3. The topological polar surface area (TPSA) is 46.5 Å². The molecule has 0 fully saturated rings. The highest BCUT2D eigenvalue weighted by Crippen LogP contribution is 2.03. The van der Waals surface area contributed by atoms with Gasteiger partial charge in [-0.05, 0) is 12.8 Å². The summed E-state index contributed by atoms with van der Waals surface area (Å²) >= 11 is 3.18. The molecular weight excluding hydrogens is 248 g/mol. The van der Waals surface area contributed by atoms with E-state index >= 15 is 0 Å². The Morgan fingerprint density at radius 3 is 2.43 bits per heavy atom. The van der Waals surface area contributed by atoms with Crippen molar-refractivity contribution >= 4 is 21.9 Å². The molecule has 0 aromatic carbocycles.